The number of esters is 1. The molecule has 0 aliphatic rings. The Labute approximate surface area is 86.9 Å². The molecule has 1 aromatic rings. The highest BCUT2D eigenvalue weighted by Gasteiger charge is 2.15. The number of aromatic nitrogens is 1. The van der Waals surface area contributed by atoms with Crippen molar-refractivity contribution in [2.75, 3.05) is 6.61 Å². The SMILES string of the molecule is CCOC(=O)c1ccc(C=O)n1CC#N. The summed E-state index contributed by atoms with van der Waals surface area (Å²) in [6.07, 6.45) is 0.597. The van der Waals surface area contributed by atoms with Crippen molar-refractivity contribution in [2.45, 2.75) is 13.5 Å². The molecule has 1 rings (SSSR count). The summed E-state index contributed by atoms with van der Waals surface area (Å²) in [6.45, 7) is 1.90. The lowest BCUT2D eigenvalue weighted by atomic mass is 10.4. The predicted molar refractivity (Wildman–Crippen MR) is 51.4 cm³/mol. The average Bonchev–Trinajstić information content (AvgIpc) is 2.62. The third kappa shape index (κ3) is 2.23. The second-order valence-corrected chi connectivity index (χ2v) is 2.73. The van der Waals surface area contributed by atoms with Gasteiger partial charge in [0, 0.05) is 0 Å². The van der Waals surface area contributed by atoms with Crippen molar-refractivity contribution >= 4 is 12.3 Å². The van der Waals surface area contributed by atoms with Crippen LogP contribution in [-0.4, -0.2) is 23.4 Å². The van der Waals surface area contributed by atoms with Crippen LogP contribution >= 0.6 is 0 Å². The fourth-order valence-electron chi connectivity index (χ4n) is 1.22. The van der Waals surface area contributed by atoms with Crippen LogP contribution in [0.4, 0.5) is 0 Å². The van der Waals surface area contributed by atoms with Gasteiger partial charge in [0.15, 0.2) is 6.29 Å². The molecule has 0 amide bonds. The monoisotopic (exact) mass is 206 g/mol. The fourth-order valence-corrected chi connectivity index (χ4v) is 1.22. The van der Waals surface area contributed by atoms with E-state index >= 15 is 0 Å². The van der Waals surface area contributed by atoms with E-state index in [1.54, 1.807) is 6.92 Å². The number of ether oxygens (including phenoxy) is 1. The molecule has 5 nitrogen and oxygen atoms in total. The number of hydrogen-bond donors (Lipinski definition) is 0. The number of aldehydes is 1. The molecule has 1 aromatic heterocycles. The molecule has 0 aliphatic carbocycles. The molecule has 0 bridgehead atoms. The Hall–Kier alpha value is -2.09. The summed E-state index contributed by atoms with van der Waals surface area (Å²) < 4.78 is 6.11. The van der Waals surface area contributed by atoms with Crippen LogP contribution in [0.25, 0.3) is 0 Å². The molecule has 0 atom stereocenters. The molecule has 0 unspecified atom stereocenters. The Bertz CT molecular complexity index is 415. The largest absolute Gasteiger partial charge is 0.461 e. The summed E-state index contributed by atoms with van der Waals surface area (Å²) in [4.78, 5) is 22.0. The van der Waals surface area contributed by atoms with Gasteiger partial charge in [-0.3, -0.25) is 4.79 Å². The van der Waals surface area contributed by atoms with E-state index in [0.29, 0.717) is 12.0 Å². The Morgan fingerprint density at radius 1 is 1.67 bits per heavy atom. The summed E-state index contributed by atoms with van der Waals surface area (Å²) >= 11 is 0. The Morgan fingerprint density at radius 3 is 2.93 bits per heavy atom. The van der Waals surface area contributed by atoms with Gasteiger partial charge in [-0.25, -0.2) is 4.79 Å². The molecule has 15 heavy (non-hydrogen) atoms. The van der Waals surface area contributed by atoms with E-state index in [2.05, 4.69) is 0 Å². The van der Waals surface area contributed by atoms with Gasteiger partial charge < -0.3 is 9.30 Å². The van der Waals surface area contributed by atoms with Crippen LogP contribution in [0.2, 0.25) is 0 Å². The summed E-state index contributed by atoms with van der Waals surface area (Å²) in [5, 5.41) is 8.56. The molecule has 5 heteroatoms. The number of carbonyl (C=O) groups is 2. The van der Waals surface area contributed by atoms with Gasteiger partial charge in [-0.15, -0.1) is 0 Å². The average molecular weight is 206 g/mol. The number of hydrogen-bond acceptors (Lipinski definition) is 4. The first-order valence-electron chi connectivity index (χ1n) is 4.43. The van der Waals surface area contributed by atoms with Crippen LogP contribution in [0, 0.1) is 11.3 Å². The second kappa shape index (κ2) is 4.96. The minimum Gasteiger partial charge on any atom is -0.461 e. The van der Waals surface area contributed by atoms with Gasteiger partial charge in [-0.2, -0.15) is 5.26 Å². The van der Waals surface area contributed by atoms with Crippen molar-refractivity contribution in [1.82, 2.24) is 4.57 Å². The molecule has 0 saturated carbocycles. The van der Waals surface area contributed by atoms with Crippen molar-refractivity contribution < 1.29 is 14.3 Å². The first-order chi connectivity index (χ1) is 7.24. The zero-order chi connectivity index (χ0) is 11.3. The maximum absolute atomic E-state index is 11.4. The summed E-state index contributed by atoms with van der Waals surface area (Å²) in [6, 6.07) is 4.83. The smallest absolute Gasteiger partial charge is 0.354 e. The van der Waals surface area contributed by atoms with Gasteiger partial charge in [0.2, 0.25) is 0 Å². The highest BCUT2D eigenvalue weighted by Crippen LogP contribution is 2.09. The summed E-state index contributed by atoms with van der Waals surface area (Å²) in [5.41, 5.74) is 0.514. The summed E-state index contributed by atoms with van der Waals surface area (Å²) in [5.74, 6) is -0.527. The molecule has 78 valence electrons. The van der Waals surface area contributed by atoms with Gasteiger partial charge >= 0.3 is 5.97 Å². The van der Waals surface area contributed by atoms with Crippen molar-refractivity contribution in [2.24, 2.45) is 0 Å². The lowest BCUT2D eigenvalue weighted by Crippen LogP contribution is -2.13. The maximum Gasteiger partial charge on any atom is 0.354 e. The van der Waals surface area contributed by atoms with E-state index in [1.165, 1.54) is 16.7 Å². The Balaban J connectivity index is 3.07. The van der Waals surface area contributed by atoms with Crippen molar-refractivity contribution in [3.63, 3.8) is 0 Å². The number of carbonyl (C=O) groups excluding carboxylic acids is 2. The van der Waals surface area contributed by atoms with Crippen LogP contribution in [0.1, 0.15) is 27.9 Å². The maximum atomic E-state index is 11.4. The van der Waals surface area contributed by atoms with Crippen molar-refractivity contribution in [3.05, 3.63) is 23.5 Å². The van der Waals surface area contributed by atoms with Crippen molar-refractivity contribution in [3.8, 4) is 6.07 Å². The number of nitrogens with zero attached hydrogens (tertiary/aromatic N) is 2. The Morgan fingerprint density at radius 2 is 2.40 bits per heavy atom. The molecule has 0 radical (unpaired) electrons. The highest BCUT2D eigenvalue weighted by molar-refractivity contribution is 5.89. The molecule has 1 heterocycles. The lowest BCUT2D eigenvalue weighted by Gasteiger charge is -2.05. The lowest BCUT2D eigenvalue weighted by molar-refractivity contribution is 0.0514. The number of rotatable bonds is 4. The minimum absolute atomic E-state index is 0.0464. The van der Waals surface area contributed by atoms with Gasteiger partial charge in [0.1, 0.15) is 12.2 Å². The first-order valence-corrected chi connectivity index (χ1v) is 4.43. The molecule has 0 saturated heterocycles. The third-order valence-corrected chi connectivity index (χ3v) is 1.85. The zero-order valence-corrected chi connectivity index (χ0v) is 8.27. The van der Waals surface area contributed by atoms with E-state index in [4.69, 9.17) is 10.00 Å². The fraction of sp³-hybridized carbons (Fsp3) is 0.300. The first kappa shape index (κ1) is 11.0. The predicted octanol–water partition coefficient (Wildman–Crippen LogP) is 1.00. The van der Waals surface area contributed by atoms with Gasteiger partial charge in [-0.1, -0.05) is 0 Å². The van der Waals surface area contributed by atoms with E-state index in [-0.39, 0.29) is 18.8 Å². The molecular formula is C10H10N2O3. The molecular weight excluding hydrogens is 196 g/mol. The van der Waals surface area contributed by atoms with Gasteiger partial charge in [-0.05, 0) is 19.1 Å². The number of nitriles is 1. The second-order valence-electron chi connectivity index (χ2n) is 2.73. The van der Waals surface area contributed by atoms with Gasteiger partial charge in [0.05, 0.1) is 18.4 Å². The zero-order valence-electron chi connectivity index (χ0n) is 8.27. The van der Waals surface area contributed by atoms with Gasteiger partial charge in [0.25, 0.3) is 0 Å². The van der Waals surface area contributed by atoms with E-state index in [0.717, 1.165) is 0 Å². The van der Waals surface area contributed by atoms with E-state index in [9.17, 15) is 9.59 Å². The quantitative estimate of drug-likeness (QED) is 0.544. The molecule has 0 aromatic carbocycles. The van der Waals surface area contributed by atoms with Crippen LogP contribution in [0.3, 0.4) is 0 Å². The topological polar surface area (TPSA) is 72.1 Å². The molecule has 0 spiro atoms. The van der Waals surface area contributed by atoms with Crippen LogP contribution in [0.15, 0.2) is 12.1 Å². The van der Waals surface area contributed by atoms with Crippen molar-refractivity contribution in [1.29, 1.82) is 5.26 Å². The normalized spacial score (nSPS) is 9.33. The van der Waals surface area contributed by atoms with Crippen LogP contribution in [-0.2, 0) is 11.3 Å². The standard InChI is InChI=1S/C10H10N2O3/c1-2-15-10(14)9-4-3-8(7-13)12(9)6-5-11/h3-4,7H,2,6H2,1H3. The third-order valence-electron chi connectivity index (χ3n) is 1.85. The minimum atomic E-state index is -0.527. The van der Waals surface area contributed by atoms with E-state index in [1.807, 2.05) is 6.07 Å². The summed E-state index contributed by atoms with van der Waals surface area (Å²) in [7, 11) is 0. The van der Waals surface area contributed by atoms with Crippen LogP contribution in [0.5, 0.6) is 0 Å². The molecule has 0 N–H and O–H groups in total. The molecule has 0 aliphatic heterocycles. The highest BCUT2D eigenvalue weighted by atomic mass is 16.5. The Kier molecular flexibility index (Phi) is 3.63. The molecule has 0 fully saturated rings. The van der Waals surface area contributed by atoms with Crippen LogP contribution < -0.4 is 0 Å². The van der Waals surface area contributed by atoms with E-state index < -0.39 is 5.97 Å².